The first kappa shape index (κ1) is 14.3. The molecule has 0 saturated carbocycles. The maximum absolute atomic E-state index is 12.3. The number of amides is 1. The van der Waals surface area contributed by atoms with Gasteiger partial charge in [0.1, 0.15) is 5.76 Å². The van der Waals surface area contributed by atoms with Gasteiger partial charge >= 0.3 is 0 Å². The molecule has 0 aliphatic heterocycles. The third-order valence-electron chi connectivity index (χ3n) is 3.16. The first-order chi connectivity index (χ1) is 9.74. The van der Waals surface area contributed by atoms with Gasteiger partial charge in [0.15, 0.2) is 5.76 Å². The molecule has 20 heavy (non-hydrogen) atoms. The van der Waals surface area contributed by atoms with Crippen molar-refractivity contribution < 1.29 is 9.21 Å². The summed E-state index contributed by atoms with van der Waals surface area (Å²) in [5.74, 6) is 0.877. The molecule has 5 nitrogen and oxygen atoms in total. The number of hydrogen-bond donors (Lipinski definition) is 1. The van der Waals surface area contributed by atoms with Crippen LogP contribution >= 0.6 is 0 Å². The normalized spacial score (nSPS) is 10.5. The number of carbonyl (C=O) groups is 1. The lowest BCUT2D eigenvalue weighted by Crippen LogP contribution is -2.32. The SMILES string of the molecule is CCN(CCc1ccncc1)C(=O)c1ccc(CN)o1. The van der Waals surface area contributed by atoms with E-state index in [1.807, 2.05) is 19.1 Å². The van der Waals surface area contributed by atoms with E-state index in [2.05, 4.69) is 4.98 Å². The number of rotatable bonds is 6. The van der Waals surface area contributed by atoms with Gasteiger partial charge in [0, 0.05) is 25.5 Å². The van der Waals surface area contributed by atoms with Crippen LogP contribution in [0.5, 0.6) is 0 Å². The highest BCUT2D eigenvalue weighted by Crippen LogP contribution is 2.11. The molecular formula is C15H19N3O2. The summed E-state index contributed by atoms with van der Waals surface area (Å²) in [7, 11) is 0. The lowest BCUT2D eigenvalue weighted by molar-refractivity contribution is 0.0732. The minimum Gasteiger partial charge on any atom is -0.455 e. The Bertz CT molecular complexity index is 551. The summed E-state index contributed by atoms with van der Waals surface area (Å²) in [6.07, 6.45) is 4.31. The van der Waals surface area contributed by atoms with Gasteiger partial charge in [0.05, 0.1) is 6.54 Å². The Kier molecular flexibility index (Phi) is 4.90. The second kappa shape index (κ2) is 6.86. The minimum absolute atomic E-state index is 0.0961. The standard InChI is InChI=1S/C15H19N3O2/c1-2-18(10-7-12-5-8-17-9-6-12)15(19)14-4-3-13(11-16)20-14/h3-6,8-9H,2,7,10-11,16H2,1H3. The van der Waals surface area contributed by atoms with Gasteiger partial charge in [-0.25, -0.2) is 0 Å². The smallest absolute Gasteiger partial charge is 0.289 e. The highest BCUT2D eigenvalue weighted by atomic mass is 16.4. The Morgan fingerprint density at radius 3 is 2.65 bits per heavy atom. The van der Waals surface area contributed by atoms with Crippen molar-refractivity contribution in [3.63, 3.8) is 0 Å². The molecule has 2 N–H and O–H groups in total. The van der Waals surface area contributed by atoms with E-state index < -0.39 is 0 Å². The van der Waals surface area contributed by atoms with Gasteiger partial charge in [0.25, 0.3) is 5.91 Å². The number of nitrogens with two attached hydrogens (primary N) is 1. The summed E-state index contributed by atoms with van der Waals surface area (Å²) in [6.45, 7) is 3.55. The summed E-state index contributed by atoms with van der Waals surface area (Å²) >= 11 is 0. The van der Waals surface area contributed by atoms with Crippen LogP contribution in [0, 0.1) is 0 Å². The van der Waals surface area contributed by atoms with Gasteiger partial charge in [-0.1, -0.05) is 0 Å². The molecule has 2 heterocycles. The van der Waals surface area contributed by atoms with E-state index in [9.17, 15) is 4.79 Å². The maximum atomic E-state index is 12.3. The van der Waals surface area contributed by atoms with E-state index in [4.69, 9.17) is 10.2 Å². The predicted octanol–water partition coefficient (Wildman–Crippen LogP) is 1.84. The average molecular weight is 273 g/mol. The number of furan rings is 1. The number of carbonyl (C=O) groups excluding carboxylic acids is 1. The molecule has 106 valence electrons. The molecule has 0 aliphatic carbocycles. The van der Waals surface area contributed by atoms with Crippen LogP contribution in [0.3, 0.4) is 0 Å². The van der Waals surface area contributed by atoms with Crippen LogP contribution < -0.4 is 5.73 Å². The van der Waals surface area contributed by atoms with Crippen molar-refractivity contribution in [2.75, 3.05) is 13.1 Å². The van der Waals surface area contributed by atoms with Gasteiger partial charge in [0.2, 0.25) is 0 Å². The van der Waals surface area contributed by atoms with E-state index >= 15 is 0 Å². The largest absolute Gasteiger partial charge is 0.455 e. The van der Waals surface area contributed by atoms with Crippen molar-refractivity contribution in [3.05, 3.63) is 53.7 Å². The molecule has 0 unspecified atom stereocenters. The average Bonchev–Trinajstić information content (AvgIpc) is 2.97. The van der Waals surface area contributed by atoms with Gasteiger partial charge < -0.3 is 15.1 Å². The van der Waals surface area contributed by atoms with Crippen LogP contribution in [0.15, 0.2) is 41.1 Å². The van der Waals surface area contributed by atoms with E-state index in [0.717, 1.165) is 12.0 Å². The molecule has 0 bridgehead atoms. The fourth-order valence-electron chi connectivity index (χ4n) is 1.98. The quantitative estimate of drug-likeness (QED) is 0.871. The molecule has 0 saturated heterocycles. The first-order valence-electron chi connectivity index (χ1n) is 6.71. The molecule has 0 radical (unpaired) electrons. The molecule has 2 aromatic rings. The Hall–Kier alpha value is -2.14. The molecular weight excluding hydrogens is 254 g/mol. The van der Waals surface area contributed by atoms with Gasteiger partial charge in [-0.2, -0.15) is 0 Å². The molecule has 1 amide bonds. The summed E-state index contributed by atoms with van der Waals surface area (Å²) in [4.78, 5) is 18.0. The fourth-order valence-corrected chi connectivity index (χ4v) is 1.98. The maximum Gasteiger partial charge on any atom is 0.289 e. The molecule has 2 aromatic heterocycles. The molecule has 0 atom stereocenters. The van der Waals surface area contributed by atoms with E-state index in [1.165, 1.54) is 0 Å². The Morgan fingerprint density at radius 1 is 1.30 bits per heavy atom. The van der Waals surface area contributed by atoms with E-state index in [1.54, 1.807) is 29.4 Å². The van der Waals surface area contributed by atoms with Gasteiger partial charge in [-0.15, -0.1) is 0 Å². The van der Waals surface area contributed by atoms with Crippen molar-refractivity contribution in [1.29, 1.82) is 0 Å². The van der Waals surface area contributed by atoms with Crippen LogP contribution in [0.25, 0.3) is 0 Å². The summed E-state index contributed by atoms with van der Waals surface area (Å²) in [5.41, 5.74) is 6.64. The van der Waals surface area contributed by atoms with Crippen molar-refractivity contribution in [3.8, 4) is 0 Å². The zero-order valence-corrected chi connectivity index (χ0v) is 11.6. The van der Waals surface area contributed by atoms with Crippen molar-refractivity contribution in [2.24, 2.45) is 5.73 Å². The van der Waals surface area contributed by atoms with Crippen molar-refractivity contribution in [2.45, 2.75) is 19.9 Å². The second-order valence-corrected chi connectivity index (χ2v) is 4.46. The number of likely N-dealkylation sites (N-methyl/N-ethyl adjacent to an activating group) is 1. The molecule has 0 fully saturated rings. The zero-order valence-electron chi connectivity index (χ0n) is 11.6. The number of nitrogens with zero attached hydrogens (tertiary/aromatic N) is 2. The molecule has 0 spiro atoms. The minimum atomic E-state index is -0.0961. The number of pyridine rings is 1. The highest BCUT2D eigenvalue weighted by Gasteiger charge is 2.17. The Balaban J connectivity index is 1.98. The van der Waals surface area contributed by atoms with Crippen LogP contribution in [-0.2, 0) is 13.0 Å². The molecule has 0 aromatic carbocycles. The summed E-state index contributed by atoms with van der Waals surface area (Å²) < 4.78 is 5.40. The molecule has 0 aliphatic rings. The zero-order chi connectivity index (χ0) is 14.4. The fraction of sp³-hybridized carbons (Fsp3) is 0.333. The third-order valence-corrected chi connectivity index (χ3v) is 3.16. The van der Waals surface area contributed by atoms with Crippen LogP contribution in [0.1, 0.15) is 28.8 Å². The number of aromatic nitrogens is 1. The topological polar surface area (TPSA) is 72.4 Å². The van der Waals surface area contributed by atoms with Gasteiger partial charge in [-0.3, -0.25) is 9.78 Å². The van der Waals surface area contributed by atoms with Crippen molar-refractivity contribution >= 4 is 5.91 Å². The van der Waals surface area contributed by atoms with Crippen LogP contribution in [-0.4, -0.2) is 28.9 Å². The monoisotopic (exact) mass is 273 g/mol. The first-order valence-corrected chi connectivity index (χ1v) is 6.71. The van der Waals surface area contributed by atoms with Crippen LogP contribution in [0.2, 0.25) is 0 Å². The Labute approximate surface area is 118 Å². The van der Waals surface area contributed by atoms with E-state index in [-0.39, 0.29) is 5.91 Å². The number of hydrogen-bond acceptors (Lipinski definition) is 4. The molecule has 2 rings (SSSR count). The highest BCUT2D eigenvalue weighted by molar-refractivity contribution is 5.91. The summed E-state index contributed by atoms with van der Waals surface area (Å²) in [6, 6.07) is 7.33. The lowest BCUT2D eigenvalue weighted by atomic mass is 10.2. The van der Waals surface area contributed by atoms with E-state index in [0.29, 0.717) is 31.2 Å². The second-order valence-electron chi connectivity index (χ2n) is 4.46. The van der Waals surface area contributed by atoms with Crippen molar-refractivity contribution in [1.82, 2.24) is 9.88 Å². The Morgan fingerprint density at radius 2 is 2.05 bits per heavy atom. The molecule has 5 heteroatoms. The van der Waals surface area contributed by atoms with Crippen LogP contribution in [0.4, 0.5) is 0 Å². The predicted molar refractivity (Wildman–Crippen MR) is 76.1 cm³/mol. The van der Waals surface area contributed by atoms with Gasteiger partial charge in [-0.05, 0) is 43.2 Å². The lowest BCUT2D eigenvalue weighted by Gasteiger charge is -2.19. The third kappa shape index (κ3) is 3.45. The summed E-state index contributed by atoms with van der Waals surface area (Å²) in [5, 5.41) is 0.